The van der Waals surface area contributed by atoms with Gasteiger partial charge in [-0.3, -0.25) is 0 Å². The molecule has 0 radical (unpaired) electrons. The zero-order valence-corrected chi connectivity index (χ0v) is 10.9. The van der Waals surface area contributed by atoms with Gasteiger partial charge in [0.15, 0.2) is 0 Å². The fourth-order valence-corrected chi connectivity index (χ4v) is 2.82. The lowest BCUT2D eigenvalue weighted by Gasteiger charge is -2.15. The van der Waals surface area contributed by atoms with Gasteiger partial charge in [-0.25, -0.2) is 0 Å². The number of nitrogens with zero attached hydrogens (tertiary/aromatic N) is 2. The second kappa shape index (κ2) is 4.46. The van der Waals surface area contributed by atoms with E-state index >= 15 is 0 Å². The summed E-state index contributed by atoms with van der Waals surface area (Å²) in [6.45, 7) is 0. The fourth-order valence-electron chi connectivity index (χ4n) is 1.73. The summed E-state index contributed by atoms with van der Waals surface area (Å²) in [5.41, 5.74) is 6.73. The summed E-state index contributed by atoms with van der Waals surface area (Å²) in [7, 11) is 0. The average Bonchev–Trinajstić information content (AvgIpc) is 3.01. The topological polar surface area (TPSA) is 36.2 Å². The molecule has 17 heavy (non-hydrogen) atoms. The first-order valence-electron chi connectivity index (χ1n) is 5.01. The van der Waals surface area contributed by atoms with Gasteiger partial charge in [0.05, 0.1) is 11.1 Å². The first-order valence-corrected chi connectivity index (χ1v) is 6.54. The van der Waals surface area contributed by atoms with Crippen LogP contribution in [0.2, 0.25) is 9.36 Å². The van der Waals surface area contributed by atoms with Gasteiger partial charge in [-0.2, -0.15) is 4.37 Å². The van der Waals surface area contributed by atoms with E-state index < -0.39 is 0 Å². The summed E-state index contributed by atoms with van der Waals surface area (Å²) in [5, 5.41) is 0.473. The van der Waals surface area contributed by atoms with Crippen LogP contribution in [0.5, 0.6) is 0 Å². The van der Waals surface area contributed by atoms with Crippen LogP contribution in [-0.2, 0) is 4.84 Å². The molecule has 1 aliphatic carbocycles. The minimum atomic E-state index is -0.226. The predicted octanol–water partition coefficient (Wildman–Crippen LogP) is 4.58. The highest BCUT2D eigenvalue weighted by Gasteiger charge is 2.22. The number of rotatable bonds is 1. The molecule has 1 aliphatic heterocycles. The zero-order valence-electron chi connectivity index (χ0n) is 8.56. The van der Waals surface area contributed by atoms with Gasteiger partial charge >= 0.3 is 0 Å². The van der Waals surface area contributed by atoms with Crippen molar-refractivity contribution in [2.45, 2.75) is 12.5 Å². The molecule has 1 atom stereocenters. The molecule has 0 saturated carbocycles. The molecule has 1 fully saturated rings. The summed E-state index contributed by atoms with van der Waals surface area (Å²) < 4.78 is 4.69. The average molecular weight is 286 g/mol. The van der Waals surface area contributed by atoms with Gasteiger partial charge in [0.25, 0.3) is 0 Å². The van der Waals surface area contributed by atoms with Crippen LogP contribution >= 0.6 is 34.7 Å². The Labute approximate surface area is 112 Å². The Kier molecular flexibility index (Phi) is 2.96. The van der Waals surface area contributed by atoms with Crippen LogP contribution in [-0.4, -0.2) is 4.37 Å². The Hall–Kier alpha value is -0.810. The molecule has 3 rings (SSSR count). The van der Waals surface area contributed by atoms with Crippen molar-refractivity contribution in [3.8, 4) is 0 Å². The third-order valence-corrected chi connectivity index (χ3v) is 4.23. The van der Waals surface area contributed by atoms with Crippen molar-refractivity contribution in [1.29, 1.82) is 0 Å². The summed E-state index contributed by atoms with van der Waals surface area (Å²) >= 11 is 13.1. The largest absolute Gasteiger partial charge is 0.564 e. The van der Waals surface area contributed by atoms with Crippen molar-refractivity contribution in [3.63, 3.8) is 0 Å². The molecule has 1 aromatic rings. The van der Waals surface area contributed by atoms with E-state index in [1.807, 2.05) is 24.3 Å². The Morgan fingerprint density at radius 2 is 2.12 bits per heavy atom. The van der Waals surface area contributed by atoms with Crippen LogP contribution in [0.3, 0.4) is 0 Å². The number of hydrogen-bond donors (Lipinski definition) is 0. The number of aromatic nitrogens is 1. The second-order valence-electron chi connectivity index (χ2n) is 3.67. The van der Waals surface area contributed by atoms with E-state index in [1.54, 1.807) is 0 Å². The maximum atomic E-state index is 6.05. The molecule has 2 heterocycles. The van der Waals surface area contributed by atoms with E-state index in [1.165, 1.54) is 11.5 Å². The third-order valence-electron chi connectivity index (χ3n) is 2.59. The normalized spacial score (nSPS) is 22.6. The fraction of sp³-hybridized carbons (Fsp3) is 0.182. The van der Waals surface area contributed by atoms with Gasteiger partial charge in [0, 0.05) is 0 Å². The molecule has 3 nitrogen and oxygen atoms in total. The van der Waals surface area contributed by atoms with Gasteiger partial charge in [-0.15, -0.1) is 5.70 Å². The van der Waals surface area contributed by atoms with Crippen LogP contribution in [0.4, 0.5) is 0 Å². The first-order chi connectivity index (χ1) is 8.25. The van der Waals surface area contributed by atoms with Gasteiger partial charge in [-0.1, -0.05) is 47.5 Å². The third kappa shape index (κ3) is 2.02. The van der Waals surface area contributed by atoms with Crippen molar-refractivity contribution in [2.24, 2.45) is 0 Å². The van der Waals surface area contributed by atoms with Gasteiger partial charge < -0.3 is 10.3 Å². The monoisotopic (exact) mass is 285 g/mol. The molecule has 1 saturated heterocycles. The minimum absolute atomic E-state index is 0.226. The van der Waals surface area contributed by atoms with Crippen LogP contribution in [0, 0.1) is 0 Å². The van der Waals surface area contributed by atoms with E-state index in [2.05, 4.69) is 9.85 Å². The number of allylic oxidation sites excluding steroid dienone is 5. The van der Waals surface area contributed by atoms with E-state index in [9.17, 15) is 0 Å². The Morgan fingerprint density at radius 1 is 1.35 bits per heavy atom. The van der Waals surface area contributed by atoms with E-state index in [-0.39, 0.29) is 6.10 Å². The van der Waals surface area contributed by atoms with Crippen LogP contribution in [0.25, 0.3) is 5.48 Å². The molecule has 6 heteroatoms. The molecule has 0 aromatic carbocycles. The smallest absolute Gasteiger partial charge is 0.132 e. The lowest BCUT2D eigenvalue weighted by atomic mass is 10.1. The lowest BCUT2D eigenvalue weighted by molar-refractivity contribution is 0.161. The first kappa shape index (κ1) is 11.3. The van der Waals surface area contributed by atoms with Crippen molar-refractivity contribution < 1.29 is 4.84 Å². The highest BCUT2D eigenvalue weighted by molar-refractivity contribution is 7.11. The molecule has 0 N–H and O–H groups in total. The highest BCUT2D eigenvalue weighted by atomic mass is 35.5. The Bertz CT molecular complexity index is 534. The van der Waals surface area contributed by atoms with E-state index in [0.29, 0.717) is 21.5 Å². The quantitative estimate of drug-likeness (QED) is 0.757. The summed E-state index contributed by atoms with van der Waals surface area (Å²) in [6.07, 6.45) is 8.39. The molecular weight excluding hydrogens is 279 g/mol. The molecular formula is C11H7Cl2N2OS-. The summed E-state index contributed by atoms with van der Waals surface area (Å²) in [5.74, 6) is 0. The van der Waals surface area contributed by atoms with Crippen molar-refractivity contribution in [2.75, 3.05) is 0 Å². The summed E-state index contributed by atoms with van der Waals surface area (Å²) in [4.78, 5) is 5.36. The minimum Gasteiger partial charge on any atom is -0.564 e. The van der Waals surface area contributed by atoms with E-state index in [4.69, 9.17) is 28.0 Å². The molecule has 0 bridgehead atoms. The second-order valence-corrected chi connectivity index (χ2v) is 5.42. The maximum Gasteiger partial charge on any atom is 0.132 e. The molecule has 2 aliphatic rings. The van der Waals surface area contributed by atoms with Crippen LogP contribution < -0.4 is 0 Å². The van der Waals surface area contributed by atoms with E-state index in [0.717, 1.165) is 11.3 Å². The number of hydrogen-bond acceptors (Lipinski definition) is 3. The number of halogens is 2. The maximum absolute atomic E-state index is 6.05. The van der Waals surface area contributed by atoms with Crippen molar-refractivity contribution in [1.82, 2.24) is 4.37 Å². The SMILES string of the molecule is Clc1snc(C2CC(=C3C=CC=C3)[N-]O2)c1Cl. The van der Waals surface area contributed by atoms with Crippen LogP contribution in [0.15, 0.2) is 35.6 Å². The van der Waals surface area contributed by atoms with Crippen molar-refractivity contribution >= 4 is 34.7 Å². The molecule has 0 spiro atoms. The molecule has 0 amide bonds. The summed E-state index contributed by atoms with van der Waals surface area (Å²) in [6, 6.07) is 0. The van der Waals surface area contributed by atoms with Gasteiger partial charge in [-0.05, 0) is 23.5 Å². The van der Waals surface area contributed by atoms with Crippen molar-refractivity contribution in [3.05, 3.63) is 56.1 Å². The molecule has 88 valence electrons. The highest BCUT2D eigenvalue weighted by Crippen LogP contribution is 2.43. The Balaban J connectivity index is 1.85. The number of hydroxylamine groups is 1. The van der Waals surface area contributed by atoms with Gasteiger partial charge in [0.1, 0.15) is 10.0 Å². The zero-order chi connectivity index (χ0) is 11.8. The van der Waals surface area contributed by atoms with Gasteiger partial charge in [0.2, 0.25) is 0 Å². The molecule has 1 unspecified atom stereocenters. The van der Waals surface area contributed by atoms with Crippen LogP contribution in [0.1, 0.15) is 18.2 Å². The Morgan fingerprint density at radius 3 is 2.76 bits per heavy atom. The molecule has 1 aromatic heterocycles. The predicted molar refractivity (Wildman–Crippen MR) is 69.2 cm³/mol. The lowest BCUT2D eigenvalue weighted by Crippen LogP contribution is -1.95. The standard InChI is InChI=1S/C11H7Cl2N2OS/c12-9-10(15-17-11(9)13)8-5-7(14-16-8)6-3-1-2-4-6/h1-4,8H,5H2/q-1.